The number of aliphatic carboxylic acids is 1. The lowest BCUT2D eigenvalue weighted by Gasteiger charge is -2.16. The summed E-state index contributed by atoms with van der Waals surface area (Å²) in [5, 5.41) is 20.1. The summed E-state index contributed by atoms with van der Waals surface area (Å²) >= 11 is 7.61. The molecule has 0 bridgehead atoms. The summed E-state index contributed by atoms with van der Waals surface area (Å²) < 4.78 is 23.7. The topological polar surface area (TPSA) is 129 Å². The number of fused-ring (bicyclic) bond motifs is 1. The van der Waals surface area contributed by atoms with E-state index in [1.807, 2.05) is 0 Å². The number of carboxylic acids is 1. The van der Waals surface area contributed by atoms with E-state index in [0.29, 0.717) is 51.0 Å². The first-order valence-electron chi connectivity index (χ1n) is 11.3. The van der Waals surface area contributed by atoms with Gasteiger partial charge in [-0.05, 0) is 12.1 Å². The van der Waals surface area contributed by atoms with Crippen LogP contribution in [0.5, 0.6) is 11.5 Å². The third-order valence-electron chi connectivity index (χ3n) is 5.21. The van der Waals surface area contributed by atoms with Crippen molar-refractivity contribution < 1.29 is 28.8 Å². The Bertz CT molecular complexity index is 1320. The zero-order chi connectivity index (χ0) is 27.2. The first-order valence-corrected chi connectivity index (χ1v) is 16.4. The number of ether oxygens (including phenoxy) is 4. The van der Waals surface area contributed by atoms with Crippen LogP contribution in [0.4, 0.5) is 0 Å². The van der Waals surface area contributed by atoms with Crippen molar-refractivity contribution in [2.24, 2.45) is 0 Å². The highest BCUT2D eigenvalue weighted by Crippen LogP contribution is 2.41. The lowest BCUT2D eigenvalue weighted by molar-refractivity contribution is -0.133. The van der Waals surface area contributed by atoms with Gasteiger partial charge in [-0.2, -0.15) is 5.26 Å². The molecule has 0 saturated carbocycles. The Morgan fingerprint density at radius 2 is 2.00 bits per heavy atom. The molecule has 0 spiro atoms. The maximum atomic E-state index is 11.2. The van der Waals surface area contributed by atoms with E-state index in [1.165, 1.54) is 14.2 Å². The van der Waals surface area contributed by atoms with E-state index in [1.54, 1.807) is 22.9 Å². The molecular formula is C24H29ClN4O6SSi. The Morgan fingerprint density at radius 1 is 1.24 bits per heavy atom. The van der Waals surface area contributed by atoms with Crippen LogP contribution in [0.25, 0.3) is 22.3 Å². The third-order valence-corrected chi connectivity index (χ3v) is 8.06. The number of carbonyl (C=O) groups is 1. The highest BCUT2D eigenvalue weighted by Gasteiger charge is 2.23. The normalized spacial score (nSPS) is 11.5. The smallest absolute Gasteiger partial charge is 0.313 e. The van der Waals surface area contributed by atoms with Gasteiger partial charge in [0.15, 0.2) is 23.4 Å². The Labute approximate surface area is 225 Å². The quantitative estimate of drug-likeness (QED) is 0.0983. The van der Waals surface area contributed by atoms with Crippen LogP contribution in [-0.2, 0) is 21.0 Å². The van der Waals surface area contributed by atoms with Crippen molar-refractivity contribution in [2.45, 2.75) is 37.6 Å². The van der Waals surface area contributed by atoms with E-state index in [0.717, 1.165) is 17.8 Å². The van der Waals surface area contributed by atoms with Gasteiger partial charge in [0.2, 0.25) is 0 Å². The van der Waals surface area contributed by atoms with Gasteiger partial charge in [0, 0.05) is 39.6 Å². The van der Waals surface area contributed by atoms with E-state index < -0.39 is 14.0 Å². The summed E-state index contributed by atoms with van der Waals surface area (Å²) in [7, 11) is 1.71. The molecule has 0 fully saturated rings. The molecule has 0 atom stereocenters. The van der Waals surface area contributed by atoms with Gasteiger partial charge in [0.25, 0.3) is 0 Å². The SMILES string of the molecule is COCOc1cc(-c2nc(SCC(=O)O)nc3c2c(C#N)cn3COCC[Si](C)(C)C)c(Cl)cc1OC. The lowest BCUT2D eigenvalue weighted by Crippen LogP contribution is -2.22. The van der Waals surface area contributed by atoms with Gasteiger partial charge in [0.05, 0.1) is 34.5 Å². The molecule has 0 radical (unpaired) electrons. The van der Waals surface area contributed by atoms with Gasteiger partial charge >= 0.3 is 5.97 Å². The molecule has 0 aliphatic rings. The standard InChI is InChI=1S/C24H29ClN4O6SSi/c1-32-14-35-19-8-16(17(25)9-18(19)33-2)22-21-15(10-26)11-29(13-34-6-7-37(3,4)5)23(21)28-24(27-22)36-12-20(30)31/h8-9,11H,6-7,12-14H2,1-5H3,(H,30,31). The highest BCUT2D eigenvalue weighted by atomic mass is 35.5. The number of methoxy groups -OCH3 is 2. The highest BCUT2D eigenvalue weighted by molar-refractivity contribution is 7.99. The van der Waals surface area contributed by atoms with E-state index in [-0.39, 0.29) is 24.4 Å². The Kier molecular flexibility index (Phi) is 9.80. The molecule has 2 heterocycles. The predicted octanol–water partition coefficient (Wildman–Crippen LogP) is 5.10. The Balaban J connectivity index is 2.17. The van der Waals surface area contributed by atoms with Gasteiger partial charge in [-0.15, -0.1) is 0 Å². The van der Waals surface area contributed by atoms with Gasteiger partial charge < -0.3 is 28.6 Å². The summed E-state index contributed by atoms with van der Waals surface area (Å²) in [6, 6.07) is 6.43. The molecular weight excluding hydrogens is 536 g/mol. The fraction of sp³-hybridized carbons (Fsp3) is 0.417. The molecule has 198 valence electrons. The number of thioether (sulfide) groups is 1. The average molecular weight is 565 g/mol. The van der Waals surface area contributed by atoms with Crippen LogP contribution in [-0.4, -0.2) is 67.1 Å². The molecule has 0 unspecified atom stereocenters. The average Bonchev–Trinajstić information content (AvgIpc) is 3.21. The summed E-state index contributed by atoms with van der Waals surface area (Å²) in [5.74, 6) is -0.480. The monoisotopic (exact) mass is 564 g/mol. The van der Waals surface area contributed by atoms with Gasteiger partial charge in [-0.1, -0.05) is 43.0 Å². The molecule has 0 saturated heterocycles. The second-order valence-electron chi connectivity index (χ2n) is 9.24. The lowest BCUT2D eigenvalue weighted by atomic mass is 10.1. The minimum atomic E-state index is -1.28. The molecule has 1 N–H and O–H groups in total. The largest absolute Gasteiger partial charge is 0.493 e. The fourth-order valence-corrected chi connectivity index (χ4v) is 4.95. The molecule has 1 aromatic carbocycles. The predicted molar refractivity (Wildman–Crippen MR) is 144 cm³/mol. The van der Waals surface area contributed by atoms with E-state index in [2.05, 4.69) is 35.7 Å². The van der Waals surface area contributed by atoms with Crippen LogP contribution < -0.4 is 9.47 Å². The fourth-order valence-electron chi connectivity index (χ4n) is 3.39. The second kappa shape index (κ2) is 12.6. The van der Waals surface area contributed by atoms with Crippen LogP contribution in [0.3, 0.4) is 0 Å². The molecule has 3 aromatic rings. The van der Waals surface area contributed by atoms with Gasteiger partial charge in [-0.25, -0.2) is 9.97 Å². The maximum Gasteiger partial charge on any atom is 0.313 e. The zero-order valence-corrected chi connectivity index (χ0v) is 23.9. The van der Waals surface area contributed by atoms with Crippen LogP contribution >= 0.6 is 23.4 Å². The van der Waals surface area contributed by atoms with Gasteiger partial charge in [0.1, 0.15) is 18.4 Å². The van der Waals surface area contributed by atoms with Crippen molar-refractivity contribution in [2.75, 3.05) is 33.4 Å². The Morgan fingerprint density at radius 3 is 2.62 bits per heavy atom. The van der Waals surface area contributed by atoms with Crippen molar-refractivity contribution in [3.8, 4) is 28.8 Å². The minimum absolute atomic E-state index is 0.0229. The van der Waals surface area contributed by atoms with E-state index in [9.17, 15) is 15.2 Å². The number of halogens is 1. The van der Waals surface area contributed by atoms with Crippen LogP contribution in [0.1, 0.15) is 5.56 Å². The number of nitrogens with zero attached hydrogens (tertiary/aromatic N) is 4. The zero-order valence-electron chi connectivity index (χ0n) is 21.3. The summed E-state index contributed by atoms with van der Waals surface area (Å²) in [5.41, 5.74) is 1.60. The minimum Gasteiger partial charge on any atom is -0.493 e. The van der Waals surface area contributed by atoms with Crippen molar-refractivity contribution in [1.82, 2.24) is 14.5 Å². The molecule has 0 aliphatic carbocycles. The summed E-state index contributed by atoms with van der Waals surface area (Å²) in [6.07, 6.45) is 1.66. The maximum absolute atomic E-state index is 11.2. The van der Waals surface area contributed by atoms with Crippen LogP contribution in [0, 0.1) is 11.3 Å². The number of aromatic nitrogens is 3. The summed E-state index contributed by atoms with van der Waals surface area (Å²) in [4.78, 5) is 20.4. The van der Waals surface area contributed by atoms with Crippen LogP contribution in [0.2, 0.25) is 30.7 Å². The van der Waals surface area contributed by atoms with Crippen LogP contribution in [0.15, 0.2) is 23.5 Å². The van der Waals surface area contributed by atoms with Gasteiger partial charge in [-0.3, -0.25) is 4.79 Å². The first kappa shape index (κ1) is 28.7. The molecule has 0 amide bonds. The number of rotatable bonds is 13. The number of hydrogen-bond acceptors (Lipinski definition) is 9. The van der Waals surface area contributed by atoms with Crippen molar-refractivity contribution in [3.63, 3.8) is 0 Å². The number of hydrogen-bond donors (Lipinski definition) is 1. The molecule has 2 aromatic heterocycles. The molecule has 37 heavy (non-hydrogen) atoms. The number of carboxylic acid groups (broad SMARTS) is 1. The van der Waals surface area contributed by atoms with Crippen molar-refractivity contribution in [3.05, 3.63) is 28.9 Å². The third kappa shape index (κ3) is 7.36. The molecule has 0 aliphatic heterocycles. The van der Waals surface area contributed by atoms with Crippen molar-refractivity contribution in [1.29, 1.82) is 5.26 Å². The first-order chi connectivity index (χ1) is 17.6. The van der Waals surface area contributed by atoms with Crippen molar-refractivity contribution >= 4 is 48.4 Å². The molecule has 10 nitrogen and oxygen atoms in total. The second-order valence-corrected chi connectivity index (χ2v) is 16.2. The summed E-state index contributed by atoms with van der Waals surface area (Å²) in [6.45, 7) is 7.55. The molecule has 3 rings (SSSR count). The number of benzene rings is 1. The number of nitriles is 1. The van der Waals surface area contributed by atoms with E-state index in [4.69, 9.17) is 30.5 Å². The molecule has 13 heteroatoms. The van der Waals surface area contributed by atoms with E-state index >= 15 is 0 Å². The Hall–Kier alpha value is -2.82.